The Labute approximate surface area is 178 Å². The molecule has 1 N–H and O–H groups in total. The van der Waals surface area contributed by atoms with Gasteiger partial charge in [-0.15, -0.1) is 11.3 Å². The standard InChI is InChI=1S/C18H15BrN2O3S3/c1-10(2)24-13-6-5-11(8-12(13)19)9-15-17(23)21(18(25)27-15)20-16(22)14-4-3-7-26-14/h3-10H,1-2H3,(H,20,22)/b15-9-. The highest BCUT2D eigenvalue weighted by molar-refractivity contribution is 9.10. The molecule has 0 saturated carbocycles. The van der Waals surface area contributed by atoms with Crippen LogP contribution in [-0.4, -0.2) is 27.2 Å². The van der Waals surface area contributed by atoms with Crippen LogP contribution in [0.1, 0.15) is 29.1 Å². The zero-order valence-corrected chi connectivity index (χ0v) is 18.4. The molecule has 2 amide bonds. The molecular formula is C18H15BrN2O3S3. The van der Waals surface area contributed by atoms with Crippen LogP contribution in [0.4, 0.5) is 0 Å². The number of thiophene rings is 1. The lowest BCUT2D eigenvalue weighted by Gasteiger charge is -2.14. The molecule has 5 nitrogen and oxygen atoms in total. The molecule has 9 heteroatoms. The fraction of sp³-hybridized carbons (Fsp3) is 0.167. The van der Waals surface area contributed by atoms with Crippen LogP contribution in [0.5, 0.6) is 5.75 Å². The predicted molar refractivity (Wildman–Crippen MR) is 117 cm³/mol. The Morgan fingerprint density at radius 3 is 2.78 bits per heavy atom. The van der Waals surface area contributed by atoms with Crippen LogP contribution in [0.15, 0.2) is 45.1 Å². The van der Waals surface area contributed by atoms with Crippen LogP contribution in [0.25, 0.3) is 6.08 Å². The summed E-state index contributed by atoms with van der Waals surface area (Å²) in [4.78, 5) is 25.8. The number of thioether (sulfide) groups is 1. The maximum Gasteiger partial charge on any atom is 0.285 e. The van der Waals surface area contributed by atoms with Crippen LogP contribution in [0, 0.1) is 0 Å². The zero-order chi connectivity index (χ0) is 19.6. The highest BCUT2D eigenvalue weighted by Crippen LogP contribution is 2.33. The summed E-state index contributed by atoms with van der Waals surface area (Å²) in [6, 6.07) is 9.03. The molecule has 1 aromatic carbocycles. The molecule has 1 fully saturated rings. The molecule has 1 aliphatic rings. The van der Waals surface area contributed by atoms with Gasteiger partial charge in [-0.1, -0.05) is 23.9 Å². The lowest BCUT2D eigenvalue weighted by Crippen LogP contribution is -2.44. The van der Waals surface area contributed by atoms with Gasteiger partial charge in [-0.05, 0) is 77.2 Å². The molecule has 1 aliphatic heterocycles. The number of carbonyl (C=O) groups is 2. The molecule has 2 aromatic rings. The molecule has 0 spiro atoms. The first-order valence-electron chi connectivity index (χ1n) is 7.94. The predicted octanol–water partition coefficient (Wildman–Crippen LogP) is 4.84. The third-order valence-corrected chi connectivity index (χ3v) is 6.16. The molecule has 0 aliphatic carbocycles. The van der Waals surface area contributed by atoms with E-state index in [1.165, 1.54) is 11.3 Å². The number of halogens is 1. The van der Waals surface area contributed by atoms with E-state index in [4.69, 9.17) is 17.0 Å². The second kappa shape index (κ2) is 8.55. The van der Waals surface area contributed by atoms with Gasteiger partial charge in [0.2, 0.25) is 0 Å². The first-order valence-corrected chi connectivity index (χ1v) is 10.8. The third kappa shape index (κ3) is 4.78. The van der Waals surface area contributed by atoms with E-state index < -0.39 is 0 Å². The summed E-state index contributed by atoms with van der Waals surface area (Å²) in [5.41, 5.74) is 3.38. The summed E-state index contributed by atoms with van der Waals surface area (Å²) in [6.07, 6.45) is 1.80. The summed E-state index contributed by atoms with van der Waals surface area (Å²) in [6.45, 7) is 3.91. The second-order valence-corrected chi connectivity index (χ2v) is 9.27. The van der Waals surface area contributed by atoms with Crippen molar-refractivity contribution in [1.29, 1.82) is 0 Å². The smallest absolute Gasteiger partial charge is 0.285 e. The van der Waals surface area contributed by atoms with Gasteiger partial charge in [0.05, 0.1) is 20.4 Å². The van der Waals surface area contributed by atoms with Gasteiger partial charge in [-0.3, -0.25) is 15.0 Å². The molecule has 0 atom stereocenters. The van der Waals surface area contributed by atoms with Crippen molar-refractivity contribution in [2.24, 2.45) is 0 Å². The Morgan fingerprint density at radius 2 is 2.15 bits per heavy atom. The Bertz CT molecular complexity index is 926. The Kier molecular flexibility index (Phi) is 6.36. The first-order chi connectivity index (χ1) is 12.8. The van der Waals surface area contributed by atoms with Gasteiger partial charge in [0, 0.05) is 0 Å². The van der Waals surface area contributed by atoms with Crippen LogP contribution in [0.2, 0.25) is 0 Å². The Balaban J connectivity index is 1.76. The van der Waals surface area contributed by atoms with Crippen LogP contribution >= 0.6 is 51.2 Å². The molecule has 1 saturated heterocycles. The molecule has 0 bridgehead atoms. The molecule has 1 aromatic heterocycles. The summed E-state index contributed by atoms with van der Waals surface area (Å²) in [5.74, 6) is 0.0203. The van der Waals surface area contributed by atoms with Crippen molar-refractivity contribution in [2.45, 2.75) is 20.0 Å². The minimum absolute atomic E-state index is 0.0651. The van der Waals surface area contributed by atoms with Gasteiger partial charge < -0.3 is 4.74 Å². The number of thiocarbonyl (C=S) groups is 1. The highest BCUT2D eigenvalue weighted by atomic mass is 79.9. The number of hydrogen-bond acceptors (Lipinski definition) is 6. The fourth-order valence-corrected chi connectivity index (χ4v) is 4.52. The van der Waals surface area contributed by atoms with E-state index in [1.807, 2.05) is 32.0 Å². The monoisotopic (exact) mass is 482 g/mol. The molecule has 3 rings (SSSR count). The SMILES string of the molecule is CC(C)Oc1ccc(/C=C2\SC(=S)N(NC(=O)c3cccs3)C2=O)cc1Br. The van der Waals surface area contributed by atoms with Gasteiger partial charge >= 0.3 is 0 Å². The first kappa shape index (κ1) is 20.1. The van der Waals surface area contributed by atoms with Crippen molar-refractivity contribution in [2.75, 3.05) is 0 Å². The largest absolute Gasteiger partial charge is 0.490 e. The van der Waals surface area contributed by atoms with Gasteiger partial charge in [0.15, 0.2) is 4.32 Å². The lowest BCUT2D eigenvalue weighted by atomic mass is 10.2. The molecule has 2 heterocycles. The van der Waals surface area contributed by atoms with Crippen LogP contribution in [-0.2, 0) is 4.79 Å². The zero-order valence-electron chi connectivity index (χ0n) is 14.4. The van der Waals surface area contributed by atoms with E-state index in [1.54, 1.807) is 23.6 Å². The molecule has 0 radical (unpaired) electrons. The van der Waals surface area contributed by atoms with Gasteiger partial charge in [0.1, 0.15) is 5.75 Å². The third-order valence-electron chi connectivity index (χ3n) is 3.37. The topological polar surface area (TPSA) is 58.6 Å². The van der Waals surface area contributed by atoms with Crippen molar-refractivity contribution >= 4 is 73.5 Å². The molecule has 140 valence electrons. The van der Waals surface area contributed by atoms with E-state index in [9.17, 15) is 9.59 Å². The summed E-state index contributed by atoms with van der Waals surface area (Å²) >= 11 is 11.2. The minimum atomic E-state index is -0.361. The highest BCUT2D eigenvalue weighted by Gasteiger charge is 2.33. The van der Waals surface area contributed by atoms with Crippen molar-refractivity contribution < 1.29 is 14.3 Å². The van der Waals surface area contributed by atoms with Gasteiger partial charge in [-0.25, -0.2) is 0 Å². The summed E-state index contributed by atoms with van der Waals surface area (Å²) in [5, 5.41) is 2.91. The number of hydrogen-bond donors (Lipinski definition) is 1. The number of nitrogens with one attached hydrogen (secondary N) is 1. The van der Waals surface area contributed by atoms with Crippen molar-refractivity contribution in [3.63, 3.8) is 0 Å². The fourth-order valence-electron chi connectivity index (χ4n) is 2.24. The van der Waals surface area contributed by atoms with Crippen LogP contribution < -0.4 is 10.2 Å². The number of amides is 2. The normalized spacial score (nSPS) is 15.7. The minimum Gasteiger partial charge on any atom is -0.490 e. The van der Waals surface area contributed by atoms with Crippen molar-refractivity contribution in [3.05, 3.63) is 55.5 Å². The van der Waals surface area contributed by atoms with E-state index in [-0.39, 0.29) is 22.2 Å². The average Bonchev–Trinajstić information content (AvgIpc) is 3.22. The average molecular weight is 483 g/mol. The number of benzene rings is 1. The van der Waals surface area contributed by atoms with Crippen LogP contribution in [0.3, 0.4) is 0 Å². The molecule has 0 unspecified atom stereocenters. The van der Waals surface area contributed by atoms with E-state index >= 15 is 0 Å². The Hall–Kier alpha value is -1.68. The van der Waals surface area contributed by atoms with Gasteiger partial charge in [0.25, 0.3) is 11.8 Å². The van der Waals surface area contributed by atoms with Gasteiger partial charge in [-0.2, -0.15) is 5.01 Å². The maximum absolute atomic E-state index is 12.6. The lowest BCUT2D eigenvalue weighted by molar-refractivity contribution is -0.123. The summed E-state index contributed by atoms with van der Waals surface area (Å²) < 4.78 is 6.77. The number of ether oxygens (including phenoxy) is 1. The number of nitrogens with zero attached hydrogens (tertiary/aromatic N) is 1. The number of hydrazine groups is 1. The van der Waals surface area contributed by atoms with E-state index in [0.717, 1.165) is 32.6 Å². The number of carbonyl (C=O) groups excluding carboxylic acids is 2. The van der Waals surface area contributed by atoms with Crippen molar-refractivity contribution in [3.8, 4) is 5.75 Å². The van der Waals surface area contributed by atoms with Crippen molar-refractivity contribution in [1.82, 2.24) is 10.4 Å². The molecular weight excluding hydrogens is 468 g/mol. The summed E-state index contributed by atoms with van der Waals surface area (Å²) in [7, 11) is 0. The molecule has 27 heavy (non-hydrogen) atoms. The quantitative estimate of drug-likeness (QED) is 0.487. The second-order valence-electron chi connectivity index (χ2n) is 5.79. The maximum atomic E-state index is 12.6. The Morgan fingerprint density at radius 1 is 1.37 bits per heavy atom. The number of rotatable bonds is 5. The van der Waals surface area contributed by atoms with E-state index in [0.29, 0.717) is 9.78 Å². The van der Waals surface area contributed by atoms with E-state index in [2.05, 4.69) is 21.4 Å².